The molecule has 1 heterocycles. The van der Waals surface area contributed by atoms with Gasteiger partial charge in [0.25, 0.3) is 0 Å². The maximum absolute atomic E-state index is 12.9. The summed E-state index contributed by atoms with van der Waals surface area (Å²) in [5.74, 6) is 0.593. The molecule has 29 heavy (non-hydrogen) atoms. The van der Waals surface area contributed by atoms with Crippen LogP contribution in [0, 0.1) is 11.8 Å². The van der Waals surface area contributed by atoms with Gasteiger partial charge in [-0.25, -0.2) is 0 Å². The standard InChI is InChI=1S/C24H29NO4/c1-17(2)23(24(27)29-16-18-9-11-21(28-3)12-10-18)25-13-20(15-26)22(14-25)19-7-5-4-6-8-19/h4-12,15,17,20,22-23H,13-14,16H2,1-3H3/t20-,22-,23-/m1/s1. The van der Waals surface area contributed by atoms with Gasteiger partial charge in [-0.15, -0.1) is 0 Å². The molecule has 0 bridgehead atoms. The number of rotatable bonds is 8. The fourth-order valence-electron chi connectivity index (χ4n) is 4.08. The molecule has 1 fully saturated rings. The van der Waals surface area contributed by atoms with Gasteiger partial charge in [0.1, 0.15) is 24.7 Å². The molecule has 5 nitrogen and oxygen atoms in total. The first-order valence-corrected chi connectivity index (χ1v) is 10.1. The average molecular weight is 395 g/mol. The predicted octanol–water partition coefficient (Wildman–Crippen LogP) is 3.68. The lowest BCUT2D eigenvalue weighted by molar-refractivity contribution is -0.153. The minimum absolute atomic E-state index is 0.0835. The number of hydrogen-bond donors (Lipinski definition) is 0. The van der Waals surface area contributed by atoms with Gasteiger partial charge in [-0.3, -0.25) is 9.69 Å². The first-order valence-electron chi connectivity index (χ1n) is 10.1. The lowest BCUT2D eigenvalue weighted by atomic mass is 9.90. The highest BCUT2D eigenvalue weighted by Crippen LogP contribution is 2.34. The minimum atomic E-state index is -0.371. The van der Waals surface area contributed by atoms with Crippen molar-refractivity contribution in [1.29, 1.82) is 0 Å². The maximum atomic E-state index is 12.9. The first kappa shape index (κ1) is 21.1. The van der Waals surface area contributed by atoms with Gasteiger partial charge in [-0.1, -0.05) is 56.3 Å². The van der Waals surface area contributed by atoms with Crippen LogP contribution >= 0.6 is 0 Å². The fourth-order valence-corrected chi connectivity index (χ4v) is 4.08. The number of likely N-dealkylation sites (tertiary alicyclic amines) is 1. The highest BCUT2D eigenvalue weighted by Gasteiger charge is 2.41. The summed E-state index contributed by atoms with van der Waals surface area (Å²) in [7, 11) is 1.62. The molecule has 3 atom stereocenters. The molecule has 0 unspecified atom stereocenters. The van der Waals surface area contributed by atoms with Crippen molar-refractivity contribution in [3.63, 3.8) is 0 Å². The third kappa shape index (κ3) is 5.04. The maximum Gasteiger partial charge on any atom is 0.323 e. The van der Waals surface area contributed by atoms with Crippen LogP contribution < -0.4 is 4.74 Å². The smallest absolute Gasteiger partial charge is 0.323 e. The summed E-state index contributed by atoms with van der Waals surface area (Å²) in [5.41, 5.74) is 2.05. The Morgan fingerprint density at radius 2 is 1.79 bits per heavy atom. The van der Waals surface area contributed by atoms with Crippen molar-refractivity contribution in [2.75, 3.05) is 20.2 Å². The van der Waals surface area contributed by atoms with E-state index in [2.05, 4.69) is 17.0 Å². The summed E-state index contributed by atoms with van der Waals surface area (Å²) in [6, 6.07) is 17.2. The molecule has 1 aliphatic heterocycles. The topological polar surface area (TPSA) is 55.8 Å². The number of carbonyl (C=O) groups is 2. The van der Waals surface area contributed by atoms with Gasteiger partial charge in [0.05, 0.1) is 7.11 Å². The second-order valence-electron chi connectivity index (χ2n) is 7.92. The van der Waals surface area contributed by atoms with Crippen LogP contribution in [0.1, 0.15) is 30.9 Å². The molecule has 154 valence electrons. The van der Waals surface area contributed by atoms with E-state index in [0.29, 0.717) is 13.1 Å². The van der Waals surface area contributed by atoms with Crippen LogP contribution in [-0.2, 0) is 20.9 Å². The molecule has 2 aromatic carbocycles. The van der Waals surface area contributed by atoms with E-state index in [1.165, 1.54) is 0 Å². The van der Waals surface area contributed by atoms with Gasteiger partial charge >= 0.3 is 5.97 Å². The second kappa shape index (κ2) is 9.70. The van der Waals surface area contributed by atoms with E-state index in [9.17, 15) is 9.59 Å². The molecular formula is C24H29NO4. The summed E-state index contributed by atoms with van der Waals surface area (Å²) in [5, 5.41) is 0. The van der Waals surface area contributed by atoms with Gasteiger partial charge in [-0.05, 0) is 29.2 Å². The van der Waals surface area contributed by atoms with Gasteiger partial charge in [0.2, 0.25) is 0 Å². The van der Waals surface area contributed by atoms with E-state index in [-0.39, 0.29) is 36.4 Å². The lowest BCUT2D eigenvalue weighted by Gasteiger charge is -2.29. The van der Waals surface area contributed by atoms with Crippen LogP contribution in [0.25, 0.3) is 0 Å². The summed E-state index contributed by atoms with van der Waals surface area (Å²) >= 11 is 0. The number of ether oxygens (including phenoxy) is 2. The van der Waals surface area contributed by atoms with Crippen LogP contribution in [0.4, 0.5) is 0 Å². The Bertz CT molecular complexity index is 803. The van der Waals surface area contributed by atoms with Crippen molar-refractivity contribution >= 4 is 12.3 Å². The third-order valence-electron chi connectivity index (χ3n) is 5.60. The quantitative estimate of drug-likeness (QED) is 0.504. The number of hydrogen-bond acceptors (Lipinski definition) is 5. The van der Waals surface area contributed by atoms with Crippen LogP contribution in [0.5, 0.6) is 5.75 Å². The zero-order chi connectivity index (χ0) is 20.8. The Kier molecular flexibility index (Phi) is 7.04. The molecule has 0 spiro atoms. The van der Waals surface area contributed by atoms with Gasteiger partial charge in [0.15, 0.2) is 0 Å². The predicted molar refractivity (Wildman–Crippen MR) is 112 cm³/mol. The fraction of sp³-hybridized carbons (Fsp3) is 0.417. The van der Waals surface area contributed by atoms with Crippen LogP contribution in [0.3, 0.4) is 0 Å². The van der Waals surface area contributed by atoms with Crippen molar-refractivity contribution in [2.45, 2.75) is 32.4 Å². The van der Waals surface area contributed by atoms with Gasteiger partial charge in [0, 0.05) is 24.9 Å². The molecule has 0 N–H and O–H groups in total. The average Bonchev–Trinajstić information content (AvgIpc) is 3.17. The van der Waals surface area contributed by atoms with Gasteiger partial charge < -0.3 is 14.3 Å². The molecule has 5 heteroatoms. The Labute approximate surface area is 172 Å². The molecule has 3 rings (SSSR count). The molecule has 2 aromatic rings. The van der Waals surface area contributed by atoms with Crippen molar-refractivity contribution in [2.24, 2.45) is 11.8 Å². The van der Waals surface area contributed by atoms with E-state index < -0.39 is 0 Å². The monoisotopic (exact) mass is 395 g/mol. The van der Waals surface area contributed by atoms with Crippen LogP contribution in [0.2, 0.25) is 0 Å². The number of carbonyl (C=O) groups excluding carboxylic acids is 2. The van der Waals surface area contributed by atoms with E-state index >= 15 is 0 Å². The SMILES string of the molecule is COc1ccc(COC(=O)[C@@H](C(C)C)N2C[C@H](c3ccccc3)[C@@H](C=O)C2)cc1. The van der Waals surface area contributed by atoms with Crippen molar-refractivity contribution < 1.29 is 19.1 Å². The number of aldehydes is 1. The number of methoxy groups -OCH3 is 1. The summed E-state index contributed by atoms with van der Waals surface area (Å²) < 4.78 is 10.8. The second-order valence-corrected chi connectivity index (χ2v) is 7.92. The van der Waals surface area contributed by atoms with E-state index in [4.69, 9.17) is 9.47 Å². The molecule has 0 amide bonds. The van der Waals surface area contributed by atoms with Gasteiger partial charge in [-0.2, -0.15) is 0 Å². The first-order chi connectivity index (χ1) is 14.0. The normalized spacial score (nSPS) is 20.4. The molecule has 0 aromatic heterocycles. The lowest BCUT2D eigenvalue weighted by Crippen LogP contribution is -2.44. The van der Waals surface area contributed by atoms with Crippen molar-refractivity contribution in [1.82, 2.24) is 4.90 Å². The zero-order valence-corrected chi connectivity index (χ0v) is 17.3. The molecule has 0 aliphatic carbocycles. The minimum Gasteiger partial charge on any atom is -0.497 e. The Hall–Kier alpha value is -2.66. The van der Waals surface area contributed by atoms with Crippen molar-refractivity contribution in [3.05, 3.63) is 65.7 Å². The zero-order valence-electron chi connectivity index (χ0n) is 17.3. The molecule has 1 aliphatic rings. The van der Waals surface area contributed by atoms with E-state index in [1.54, 1.807) is 7.11 Å². The van der Waals surface area contributed by atoms with Crippen LogP contribution in [-0.4, -0.2) is 43.4 Å². The highest BCUT2D eigenvalue weighted by atomic mass is 16.5. The number of nitrogens with zero attached hydrogens (tertiary/aromatic N) is 1. The Balaban J connectivity index is 1.68. The number of benzene rings is 2. The summed E-state index contributed by atoms with van der Waals surface area (Å²) in [6.45, 7) is 5.51. The van der Waals surface area contributed by atoms with E-state index in [1.807, 2.05) is 56.3 Å². The molecular weight excluding hydrogens is 366 g/mol. The van der Waals surface area contributed by atoms with Crippen molar-refractivity contribution in [3.8, 4) is 5.75 Å². The molecule has 0 radical (unpaired) electrons. The highest BCUT2D eigenvalue weighted by molar-refractivity contribution is 5.76. The van der Waals surface area contributed by atoms with E-state index in [0.717, 1.165) is 23.2 Å². The summed E-state index contributed by atoms with van der Waals surface area (Å²) in [4.78, 5) is 26.7. The Morgan fingerprint density at radius 3 is 2.38 bits per heavy atom. The third-order valence-corrected chi connectivity index (χ3v) is 5.60. The molecule has 0 saturated carbocycles. The largest absolute Gasteiger partial charge is 0.497 e. The molecule has 1 saturated heterocycles. The Morgan fingerprint density at radius 1 is 1.10 bits per heavy atom. The van der Waals surface area contributed by atoms with Crippen LogP contribution in [0.15, 0.2) is 54.6 Å². The summed E-state index contributed by atoms with van der Waals surface area (Å²) in [6.07, 6.45) is 1.03. The number of esters is 1.